The van der Waals surface area contributed by atoms with E-state index in [4.69, 9.17) is 5.73 Å². The van der Waals surface area contributed by atoms with Gasteiger partial charge in [-0.05, 0) is 62.7 Å². The largest absolute Gasteiger partial charge is 0.399 e. The van der Waals surface area contributed by atoms with Gasteiger partial charge in [-0.3, -0.25) is 4.98 Å². The Balaban J connectivity index is 1.83. The summed E-state index contributed by atoms with van der Waals surface area (Å²) in [7, 11) is 2.15. The fourth-order valence-electron chi connectivity index (χ4n) is 2.45. The third-order valence-electron chi connectivity index (χ3n) is 3.83. The van der Waals surface area contributed by atoms with Crippen LogP contribution in [0.5, 0.6) is 0 Å². The first kappa shape index (κ1) is 15.5. The van der Waals surface area contributed by atoms with E-state index in [2.05, 4.69) is 48.1 Å². The van der Waals surface area contributed by atoms with Crippen molar-refractivity contribution in [2.45, 2.75) is 32.7 Å². The van der Waals surface area contributed by atoms with Crippen LogP contribution in [-0.4, -0.2) is 23.5 Å². The highest BCUT2D eigenvalue weighted by Gasteiger charge is 2.08. The van der Waals surface area contributed by atoms with Crippen LogP contribution in [0.4, 0.5) is 5.69 Å². The van der Waals surface area contributed by atoms with Crippen molar-refractivity contribution in [3.63, 3.8) is 0 Å². The number of benzene rings is 1. The third kappa shape index (κ3) is 4.87. The summed E-state index contributed by atoms with van der Waals surface area (Å²) in [5.74, 6) is 0.540. The molecule has 0 spiro atoms. The Labute approximate surface area is 127 Å². The van der Waals surface area contributed by atoms with Gasteiger partial charge in [0.1, 0.15) is 0 Å². The van der Waals surface area contributed by atoms with Gasteiger partial charge in [0.25, 0.3) is 0 Å². The van der Waals surface area contributed by atoms with Gasteiger partial charge in [0.2, 0.25) is 0 Å². The number of aryl methyl sites for hydroxylation is 1. The third-order valence-corrected chi connectivity index (χ3v) is 3.83. The summed E-state index contributed by atoms with van der Waals surface area (Å²) < 4.78 is 0. The standard InChI is InChI=1S/C18H25N3/c1-14(16-7-9-17(19)10-8-16)11-12-21(3)13-18-6-4-5-15(2)20-18/h4-10,14H,11-13,19H2,1-3H3. The Hall–Kier alpha value is -1.87. The molecule has 1 aromatic carbocycles. The highest BCUT2D eigenvalue weighted by molar-refractivity contribution is 5.40. The van der Waals surface area contributed by atoms with Crippen molar-refractivity contribution in [3.8, 4) is 0 Å². The SMILES string of the molecule is Cc1cccc(CN(C)CCC(C)c2ccc(N)cc2)n1. The molecule has 2 rings (SSSR count). The van der Waals surface area contributed by atoms with Crippen molar-refractivity contribution >= 4 is 5.69 Å². The Morgan fingerprint density at radius 2 is 1.86 bits per heavy atom. The fraction of sp³-hybridized carbons (Fsp3) is 0.389. The first-order valence-electron chi connectivity index (χ1n) is 7.51. The molecule has 0 saturated carbocycles. The van der Waals surface area contributed by atoms with E-state index < -0.39 is 0 Å². The summed E-state index contributed by atoms with van der Waals surface area (Å²) in [4.78, 5) is 6.88. The van der Waals surface area contributed by atoms with Gasteiger partial charge in [-0.2, -0.15) is 0 Å². The number of pyridine rings is 1. The van der Waals surface area contributed by atoms with Gasteiger partial charge in [-0.1, -0.05) is 25.1 Å². The predicted octanol–water partition coefficient (Wildman–Crippen LogP) is 3.60. The van der Waals surface area contributed by atoms with Gasteiger partial charge in [-0.25, -0.2) is 0 Å². The van der Waals surface area contributed by atoms with Crippen LogP contribution in [0.25, 0.3) is 0 Å². The lowest BCUT2D eigenvalue weighted by Crippen LogP contribution is -2.21. The molecule has 3 heteroatoms. The van der Waals surface area contributed by atoms with Crippen molar-refractivity contribution in [1.29, 1.82) is 0 Å². The minimum absolute atomic E-state index is 0.540. The van der Waals surface area contributed by atoms with Crippen LogP contribution >= 0.6 is 0 Å². The van der Waals surface area contributed by atoms with E-state index in [-0.39, 0.29) is 0 Å². The number of aromatic nitrogens is 1. The molecule has 1 atom stereocenters. The summed E-state index contributed by atoms with van der Waals surface area (Å²) in [5, 5.41) is 0. The minimum atomic E-state index is 0.540. The molecule has 112 valence electrons. The Bertz CT molecular complexity index is 563. The van der Waals surface area contributed by atoms with Gasteiger partial charge < -0.3 is 10.6 Å². The number of hydrogen-bond donors (Lipinski definition) is 1. The molecule has 0 aliphatic rings. The Kier molecular flexibility index (Phi) is 5.34. The van der Waals surface area contributed by atoms with Gasteiger partial charge >= 0.3 is 0 Å². The van der Waals surface area contributed by atoms with Crippen molar-refractivity contribution in [2.75, 3.05) is 19.3 Å². The molecule has 2 aromatic rings. The van der Waals surface area contributed by atoms with Crippen molar-refractivity contribution in [3.05, 3.63) is 59.4 Å². The first-order chi connectivity index (χ1) is 10.0. The number of nitrogen functional groups attached to an aromatic ring is 1. The van der Waals surface area contributed by atoms with Crippen LogP contribution in [0.1, 0.15) is 36.2 Å². The molecule has 0 amide bonds. The van der Waals surface area contributed by atoms with Crippen molar-refractivity contribution in [2.24, 2.45) is 0 Å². The van der Waals surface area contributed by atoms with Crippen LogP contribution < -0.4 is 5.73 Å². The van der Waals surface area contributed by atoms with Crippen LogP contribution in [0.3, 0.4) is 0 Å². The lowest BCUT2D eigenvalue weighted by atomic mass is 9.97. The van der Waals surface area contributed by atoms with Gasteiger partial charge in [0.15, 0.2) is 0 Å². The molecule has 2 N–H and O–H groups in total. The van der Waals surface area contributed by atoms with E-state index in [0.29, 0.717) is 5.92 Å². The topological polar surface area (TPSA) is 42.1 Å². The summed E-state index contributed by atoms with van der Waals surface area (Å²) in [5.41, 5.74) is 10.1. The summed E-state index contributed by atoms with van der Waals surface area (Å²) in [6.45, 7) is 6.26. The van der Waals surface area contributed by atoms with Crippen LogP contribution in [-0.2, 0) is 6.54 Å². The number of nitrogens with zero attached hydrogens (tertiary/aromatic N) is 2. The molecule has 21 heavy (non-hydrogen) atoms. The maximum absolute atomic E-state index is 5.73. The van der Waals surface area contributed by atoms with Crippen molar-refractivity contribution < 1.29 is 0 Å². The quantitative estimate of drug-likeness (QED) is 0.824. The molecular weight excluding hydrogens is 258 g/mol. The van der Waals surface area contributed by atoms with E-state index in [1.807, 2.05) is 25.1 Å². The zero-order valence-electron chi connectivity index (χ0n) is 13.2. The molecule has 0 radical (unpaired) electrons. The number of hydrogen-bond acceptors (Lipinski definition) is 3. The second kappa shape index (κ2) is 7.23. The zero-order valence-corrected chi connectivity index (χ0v) is 13.2. The molecule has 1 aromatic heterocycles. The molecule has 0 aliphatic heterocycles. The minimum Gasteiger partial charge on any atom is -0.399 e. The molecule has 1 heterocycles. The fourth-order valence-corrected chi connectivity index (χ4v) is 2.45. The second-order valence-corrected chi connectivity index (χ2v) is 5.86. The summed E-state index contributed by atoms with van der Waals surface area (Å²) >= 11 is 0. The Morgan fingerprint density at radius 1 is 1.14 bits per heavy atom. The van der Waals surface area contributed by atoms with E-state index in [1.54, 1.807) is 0 Å². The highest BCUT2D eigenvalue weighted by atomic mass is 15.1. The molecule has 0 fully saturated rings. The normalized spacial score (nSPS) is 12.6. The average Bonchev–Trinajstić information content (AvgIpc) is 2.45. The van der Waals surface area contributed by atoms with Crippen LogP contribution in [0.2, 0.25) is 0 Å². The monoisotopic (exact) mass is 283 g/mol. The number of anilines is 1. The molecule has 0 bridgehead atoms. The Morgan fingerprint density at radius 3 is 2.52 bits per heavy atom. The van der Waals surface area contributed by atoms with Gasteiger partial charge in [0.05, 0.1) is 5.69 Å². The summed E-state index contributed by atoms with van der Waals surface area (Å²) in [6.07, 6.45) is 1.13. The highest BCUT2D eigenvalue weighted by Crippen LogP contribution is 2.20. The van der Waals surface area contributed by atoms with Gasteiger partial charge in [-0.15, -0.1) is 0 Å². The zero-order chi connectivity index (χ0) is 15.2. The smallest absolute Gasteiger partial charge is 0.0547 e. The van der Waals surface area contributed by atoms with E-state index in [9.17, 15) is 0 Å². The first-order valence-corrected chi connectivity index (χ1v) is 7.51. The van der Waals surface area contributed by atoms with E-state index in [0.717, 1.165) is 36.6 Å². The maximum Gasteiger partial charge on any atom is 0.0547 e. The number of rotatable bonds is 6. The van der Waals surface area contributed by atoms with Crippen LogP contribution in [0, 0.1) is 6.92 Å². The van der Waals surface area contributed by atoms with Gasteiger partial charge in [0, 0.05) is 17.9 Å². The van der Waals surface area contributed by atoms with E-state index in [1.165, 1.54) is 5.56 Å². The molecule has 0 aliphatic carbocycles. The lowest BCUT2D eigenvalue weighted by Gasteiger charge is -2.19. The summed E-state index contributed by atoms with van der Waals surface area (Å²) in [6, 6.07) is 14.4. The van der Waals surface area contributed by atoms with E-state index >= 15 is 0 Å². The molecule has 0 saturated heterocycles. The molecule has 1 unspecified atom stereocenters. The number of nitrogens with two attached hydrogens (primary N) is 1. The molecule has 3 nitrogen and oxygen atoms in total. The second-order valence-electron chi connectivity index (χ2n) is 5.86. The predicted molar refractivity (Wildman–Crippen MR) is 89.2 cm³/mol. The maximum atomic E-state index is 5.73. The van der Waals surface area contributed by atoms with Crippen molar-refractivity contribution in [1.82, 2.24) is 9.88 Å². The molecular formula is C18H25N3. The lowest BCUT2D eigenvalue weighted by molar-refractivity contribution is 0.309. The average molecular weight is 283 g/mol. The van der Waals surface area contributed by atoms with Crippen LogP contribution in [0.15, 0.2) is 42.5 Å².